The largest absolute Gasteiger partial charge is 0.469 e. The highest BCUT2D eigenvalue weighted by molar-refractivity contribution is 7.46. The minimum absolute atomic E-state index is 0.0290. The van der Waals surface area contributed by atoms with Crippen LogP contribution in [0.15, 0.2) is 30.3 Å². The lowest BCUT2D eigenvalue weighted by molar-refractivity contribution is -0.123. The average molecular weight is 285 g/mol. The third kappa shape index (κ3) is 4.76. The number of amides is 1. The van der Waals surface area contributed by atoms with Crippen molar-refractivity contribution in [1.29, 1.82) is 0 Å². The Balaban J connectivity index is 2.04. The first-order valence-corrected chi connectivity index (χ1v) is 7.54. The molecule has 19 heavy (non-hydrogen) atoms. The van der Waals surface area contributed by atoms with Gasteiger partial charge in [0.05, 0.1) is 12.6 Å². The molecule has 1 aliphatic rings. The summed E-state index contributed by atoms with van der Waals surface area (Å²) in [6, 6.07) is 8.42. The summed E-state index contributed by atoms with van der Waals surface area (Å²) in [7, 11) is -4.54. The van der Waals surface area contributed by atoms with Crippen molar-refractivity contribution < 1.29 is 23.7 Å². The number of carbonyl (C=O) groups is 1. The highest BCUT2D eigenvalue weighted by Crippen LogP contribution is 2.37. The molecule has 1 atom stereocenters. The minimum atomic E-state index is -4.54. The van der Waals surface area contributed by atoms with Crippen LogP contribution in [0.25, 0.3) is 0 Å². The zero-order valence-electron chi connectivity index (χ0n) is 10.2. The first-order chi connectivity index (χ1) is 8.96. The maximum absolute atomic E-state index is 11.8. The molecule has 0 radical (unpaired) electrons. The summed E-state index contributed by atoms with van der Waals surface area (Å²) in [4.78, 5) is 29.2. The van der Waals surface area contributed by atoms with Crippen molar-refractivity contribution in [3.05, 3.63) is 35.9 Å². The molecule has 2 rings (SSSR count). The highest BCUT2D eigenvalue weighted by atomic mass is 31.2. The molecule has 104 valence electrons. The maximum Gasteiger partial charge on any atom is 0.469 e. The van der Waals surface area contributed by atoms with Crippen LogP contribution in [-0.4, -0.2) is 22.3 Å². The zero-order chi connectivity index (χ0) is 13.9. The first kappa shape index (κ1) is 14.2. The Bertz CT molecular complexity index is 482. The van der Waals surface area contributed by atoms with Gasteiger partial charge in [-0.05, 0) is 18.4 Å². The van der Waals surface area contributed by atoms with E-state index in [2.05, 4.69) is 9.84 Å². The van der Waals surface area contributed by atoms with Crippen LogP contribution < -0.4 is 5.32 Å². The first-order valence-electron chi connectivity index (χ1n) is 6.01. The van der Waals surface area contributed by atoms with Crippen LogP contribution in [0, 0.1) is 5.92 Å². The van der Waals surface area contributed by atoms with Crippen molar-refractivity contribution in [2.24, 2.45) is 5.92 Å². The van der Waals surface area contributed by atoms with E-state index in [0.717, 1.165) is 18.4 Å². The molecule has 0 heterocycles. The van der Waals surface area contributed by atoms with Crippen LogP contribution in [0.1, 0.15) is 24.4 Å². The topological polar surface area (TPSA) is 95.9 Å². The monoisotopic (exact) mass is 285 g/mol. The van der Waals surface area contributed by atoms with E-state index in [1.165, 1.54) is 0 Å². The molecule has 0 saturated heterocycles. The maximum atomic E-state index is 11.8. The summed E-state index contributed by atoms with van der Waals surface area (Å²) in [6.45, 7) is -0.257. The van der Waals surface area contributed by atoms with E-state index in [1.807, 2.05) is 6.07 Å². The van der Waals surface area contributed by atoms with Crippen molar-refractivity contribution in [2.75, 3.05) is 6.61 Å². The average Bonchev–Trinajstić information content (AvgIpc) is 3.18. The Morgan fingerprint density at radius 3 is 2.53 bits per heavy atom. The predicted octanol–water partition coefficient (Wildman–Crippen LogP) is 1.36. The van der Waals surface area contributed by atoms with Crippen LogP contribution in [-0.2, 0) is 13.9 Å². The van der Waals surface area contributed by atoms with Gasteiger partial charge in [0.25, 0.3) is 0 Å². The fourth-order valence-electron chi connectivity index (χ4n) is 1.71. The number of hydrogen-bond acceptors (Lipinski definition) is 3. The fraction of sp³-hybridized carbons (Fsp3) is 0.417. The van der Waals surface area contributed by atoms with Gasteiger partial charge in [-0.2, -0.15) is 0 Å². The standard InChI is InChI=1S/C12H16NO5P/c14-12(10-6-7-10)13-11(8-18-19(15,16)17)9-4-2-1-3-5-9/h1-5,10-11H,6-8H2,(H,13,14)(H2,15,16,17)/t11-/m1/s1. The summed E-state index contributed by atoms with van der Waals surface area (Å²) in [5.41, 5.74) is 0.755. The van der Waals surface area contributed by atoms with Crippen molar-refractivity contribution in [3.63, 3.8) is 0 Å². The number of phosphoric ester groups is 1. The van der Waals surface area contributed by atoms with Gasteiger partial charge < -0.3 is 15.1 Å². The second-order valence-corrected chi connectivity index (χ2v) is 5.77. The van der Waals surface area contributed by atoms with Crippen molar-refractivity contribution in [2.45, 2.75) is 18.9 Å². The van der Waals surface area contributed by atoms with Gasteiger partial charge in [-0.3, -0.25) is 9.32 Å². The highest BCUT2D eigenvalue weighted by Gasteiger charge is 2.31. The molecule has 1 aromatic carbocycles. The van der Waals surface area contributed by atoms with E-state index in [1.54, 1.807) is 24.3 Å². The van der Waals surface area contributed by atoms with Crippen LogP contribution in [0.2, 0.25) is 0 Å². The normalized spacial score (nSPS) is 16.9. The molecule has 0 aliphatic heterocycles. The van der Waals surface area contributed by atoms with Gasteiger partial charge in [-0.15, -0.1) is 0 Å². The lowest BCUT2D eigenvalue weighted by atomic mass is 10.1. The van der Waals surface area contributed by atoms with Crippen molar-refractivity contribution in [1.82, 2.24) is 5.32 Å². The zero-order valence-corrected chi connectivity index (χ0v) is 11.1. The minimum Gasteiger partial charge on any atom is -0.347 e. The molecule has 1 fully saturated rings. The lowest BCUT2D eigenvalue weighted by Gasteiger charge is -2.19. The lowest BCUT2D eigenvalue weighted by Crippen LogP contribution is -2.32. The van der Waals surface area contributed by atoms with Crippen LogP contribution in [0.4, 0.5) is 0 Å². The van der Waals surface area contributed by atoms with E-state index in [4.69, 9.17) is 9.79 Å². The summed E-state index contributed by atoms with van der Waals surface area (Å²) in [5.74, 6) is -0.0653. The smallest absolute Gasteiger partial charge is 0.347 e. The van der Waals surface area contributed by atoms with Gasteiger partial charge in [-0.25, -0.2) is 4.57 Å². The Morgan fingerprint density at radius 2 is 2.00 bits per heavy atom. The molecule has 0 spiro atoms. The van der Waals surface area contributed by atoms with Crippen LogP contribution in [0.3, 0.4) is 0 Å². The van der Waals surface area contributed by atoms with Gasteiger partial charge in [-0.1, -0.05) is 30.3 Å². The van der Waals surface area contributed by atoms with Gasteiger partial charge in [0.1, 0.15) is 0 Å². The van der Waals surface area contributed by atoms with Gasteiger partial charge in [0.15, 0.2) is 0 Å². The summed E-state index contributed by atoms with van der Waals surface area (Å²) in [5, 5.41) is 2.76. The molecule has 0 unspecified atom stereocenters. The van der Waals surface area contributed by atoms with Crippen molar-refractivity contribution in [3.8, 4) is 0 Å². The van der Waals surface area contributed by atoms with Crippen molar-refractivity contribution >= 4 is 13.7 Å². The van der Waals surface area contributed by atoms with E-state index in [9.17, 15) is 9.36 Å². The second kappa shape index (κ2) is 5.84. The van der Waals surface area contributed by atoms with Crippen LogP contribution in [0.5, 0.6) is 0 Å². The molecule has 1 aliphatic carbocycles. The third-order valence-electron chi connectivity index (χ3n) is 2.88. The third-order valence-corrected chi connectivity index (χ3v) is 3.36. The molecule has 1 aromatic rings. The number of nitrogens with one attached hydrogen (secondary N) is 1. The molecule has 6 nitrogen and oxygen atoms in total. The van der Waals surface area contributed by atoms with E-state index < -0.39 is 13.9 Å². The Kier molecular flexibility index (Phi) is 4.37. The van der Waals surface area contributed by atoms with Crippen LogP contribution >= 0.6 is 7.82 Å². The Morgan fingerprint density at radius 1 is 1.37 bits per heavy atom. The molecule has 3 N–H and O–H groups in total. The second-order valence-electron chi connectivity index (χ2n) is 4.53. The molecule has 0 bridgehead atoms. The van der Waals surface area contributed by atoms with Gasteiger partial charge in [0.2, 0.25) is 5.91 Å². The number of hydrogen-bond donors (Lipinski definition) is 3. The Labute approximate surface area is 111 Å². The van der Waals surface area contributed by atoms with Gasteiger partial charge in [0, 0.05) is 5.92 Å². The van der Waals surface area contributed by atoms with E-state index >= 15 is 0 Å². The number of phosphoric acid groups is 1. The SMILES string of the molecule is O=C(N[C@H](COP(=O)(O)O)c1ccccc1)C1CC1. The number of carbonyl (C=O) groups excluding carboxylic acids is 1. The molecule has 1 saturated carbocycles. The summed E-state index contributed by atoms with van der Waals surface area (Å²) < 4.78 is 15.3. The molecular weight excluding hydrogens is 269 g/mol. The predicted molar refractivity (Wildman–Crippen MR) is 68.0 cm³/mol. The van der Waals surface area contributed by atoms with E-state index in [0.29, 0.717) is 0 Å². The molecule has 1 amide bonds. The quantitative estimate of drug-likeness (QED) is 0.686. The number of benzene rings is 1. The van der Waals surface area contributed by atoms with Gasteiger partial charge >= 0.3 is 7.82 Å². The molecule has 0 aromatic heterocycles. The molecule has 7 heteroatoms. The Hall–Kier alpha value is -1.20. The summed E-state index contributed by atoms with van der Waals surface area (Å²) in [6.07, 6.45) is 1.74. The summed E-state index contributed by atoms with van der Waals surface area (Å²) >= 11 is 0. The molecular formula is C12H16NO5P. The number of rotatable bonds is 6. The van der Waals surface area contributed by atoms with E-state index in [-0.39, 0.29) is 18.4 Å². The fourth-order valence-corrected chi connectivity index (χ4v) is 2.06.